The fourth-order valence-electron chi connectivity index (χ4n) is 1.66. The number of aryl methyl sites for hydroxylation is 1. The molecule has 2 rings (SSSR count). The van der Waals surface area contributed by atoms with Gasteiger partial charge in [0.15, 0.2) is 0 Å². The van der Waals surface area contributed by atoms with Crippen LogP contribution in [0.5, 0.6) is 0 Å². The second-order valence-electron chi connectivity index (χ2n) is 4.22. The van der Waals surface area contributed by atoms with Crippen molar-refractivity contribution in [3.63, 3.8) is 0 Å². The van der Waals surface area contributed by atoms with Gasteiger partial charge >= 0.3 is 0 Å². The molecule has 0 spiro atoms. The summed E-state index contributed by atoms with van der Waals surface area (Å²) in [4.78, 5) is 23.3. The molecule has 0 fully saturated rings. The van der Waals surface area contributed by atoms with E-state index in [9.17, 15) is 4.79 Å². The van der Waals surface area contributed by atoms with E-state index in [2.05, 4.69) is 16.5 Å². The van der Waals surface area contributed by atoms with E-state index in [0.717, 1.165) is 10.6 Å². The molecule has 0 saturated carbocycles. The summed E-state index contributed by atoms with van der Waals surface area (Å²) < 4.78 is 0.709. The summed E-state index contributed by atoms with van der Waals surface area (Å²) in [6.07, 6.45) is 4.77. The first-order chi connectivity index (χ1) is 9.60. The Morgan fingerprint density at radius 1 is 1.45 bits per heavy atom. The summed E-state index contributed by atoms with van der Waals surface area (Å²) in [6, 6.07) is 3.74. The maximum Gasteiger partial charge on any atom is 0.274 e. The smallest absolute Gasteiger partial charge is 0.274 e. The number of aromatic nitrogens is 2. The van der Waals surface area contributed by atoms with Gasteiger partial charge in [0.25, 0.3) is 5.91 Å². The molecular weight excluding hydrogens is 294 g/mol. The van der Waals surface area contributed by atoms with Gasteiger partial charge in [-0.3, -0.25) is 9.78 Å². The second kappa shape index (κ2) is 6.63. The zero-order chi connectivity index (χ0) is 14.5. The number of nitrogens with zero attached hydrogens (tertiary/aromatic N) is 3. The van der Waals surface area contributed by atoms with Crippen LogP contribution in [0.15, 0.2) is 37.2 Å². The highest BCUT2D eigenvalue weighted by atomic mass is 35.5. The van der Waals surface area contributed by atoms with Crippen LogP contribution in [0.2, 0.25) is 4.34 Å². The van der Waals surface area contributed by atoms with Gasteiger partial charge < -0.3 is 4.90 Å². The SMILES string of the molecule is C=CCN(Cc1ccc(Cl)s1)C(=O)c1cnc(C)cn1. The van der Waals surface area contributed by atoms with Gasteiger partial charge in [-0.1, -0.05) is 17.7 Å². The molecule has 0 saturated heterocycles. The molecule has 0 bridgehead atoms. The van der Waals surface area contributed by atoms with Crippen molar-refractivity contribution in [3.05, 3.63) is 57.8 Å². The Balaban J connectivity index is 2.17. The largest absolute Gasteiger partial charge is 0.328 e. The van der Waals surface area contributed by atoms with Crippen molar-refractivity contribution in [2.45, 2.75) is 13.5 Å². The standard InChI is InChI=1S/C14H14ClN3OS/c1-3-6-18(9-11-4-5-13(15)20-11)14(19)12-8-16-10(2)7-17-12/h3-5,7-8H,1,6,9H2,2H3. The Labute approximate surface area is 126 Å². The van der Waals surface area contributed by atoms with Crippen molar-refractivity contribution in [2.24, 2.45) is 0 Å². The Kier molecular flexibility index (Phi) is 4.87. The highest BCUT2D eigenvalue weighted by molar-refractivity contribution is 7.16. The third kappa shape index (κ3) is 3.65. The average Bonchev–Trinajstić information content (AvgIpc) is 2.84. The van der Waals surface area contributed by atoms with Crippen molar-refractivity contribution in [3.8, 4) is 0 Å². The minimum Gasteiger partial charge on any atom is -0.328 e. The molecule has 2 aromatic rings. The van der Waals surface area contributed by atoms with Crippen LogP contribution in [0, 0.1) is 6.92 Å². The molecule has 4 nitrogen and oxygen atoms in total. The molecule has 104 valence electrons. The fraction of sp³-hybridized carbons (Fsp3) is 0.214. The lowest BCUT2D eigenvalue weighted by molar-refractivity contribution is 0.0758. The monoisotopic (exact) mass is 307 g/mol. The molecule has 0 aromatic carbocycles. The lowest BCUT2D eigenvalue weighted by atomic mass is 10.3. The van der Waals surface area contributed by atoms with E-state index >= 15 is 0 Å². The molecule has 0 N–H and O–H groups in total. The van der Waals surface area contributed by atoms with Gasteiger partial charge in [-0.25, -0.2) is 4.98 Å². The molecule has 0 aliphatic heterocycles. The first-order valence-corrected chi connectivity index (χ1v) is 7.22. The number of thiophene rings is 1. The van der Waals surface area contributed by atoms with Crippen LogP contribution < -0.4 is 0 Å². The number of carbonyl (C=O) groups is 1. The maximum atomic E-state index is 12.4. The van der Waals surface area contributed by atoms with E-state index in [1.165, 1.54) is 17.5 Å². The highest BCUT2D eigenvalue weighted by Crippen LogP contribution is 2.23. The van der Waals surface area contributed by atoms with Crippen LogP contribution in [-0.4, -0.2) is 27.3 Å². The van der Waals surface area contributed by atoms with Crippen molar-refractivity contribution in [1.29, 1.82) is 0 Å². The van der Waals surface area contributed by atoms with Crippen LogP contribution in [0.3, 0.4) is 0 Å². The van der Waals surface area contributed by atoms with Crippen LogP contribution >= 0.6 is 22.9 Å². The minimum absolute atomic E-state index is 0.165. The molecule has 0 aliphatic rings. The van der Waals surface area contributed by atoms with Gasteiger partial charge in [0.2, 0.25) is 0 Å². The van der Waals surface area contributed by atoms with Gasteiger partial charge in [-0.05, 0) is 19.1 Å². The van der Waals surface area contributed by atoms with Gasteiger partial charge in [0.05, 0.1) is 22.8 Å². The Morgan fingerprint density at radius 3 is 2.80 bits per heavy atom. The van der Waals surface area contributed by atoms with Crippen LogP contribution in [-0.2, 0) is 6.54 Å². The van der Waals surface area contributed by atoms with Crippen molar-refractivity contribution < 1.29 is 4.79 Å². The highest BCUT2D eigenvalue weighted by Gasteiger charge is 2.17. The van der Waals surface area contributed by atoms with Crippen molar-refractivity contribution in [2.75, 3.05) is 6.54 Å². The predicted molar refractivity (Wildman–Crippen MR) is 81.0 cm³/mol. The third-order valence-electron chi connectivity index (χ3n) is 2.61. The van der Waals surface area contributed by atoms with Crippen LogP contribution in [0.4, 0.5) is 0 Å². The molecule has 2 heterocycles. The molecule has 0 aliphatic carbocycles. The van der Waals surface area contributed by atoms with E-state index in [1.807, 2.05) is 19.1 Å². The average molecular weight is 308 g/mol. The summed E-state index contributed by atoms with van der Waals surface area (Å²) in [7, 11) is 0. The van der Waals surface area contributed by atoms with E-state index in [4.69, 9.17) is 11.6 Å². The number of amides is 1. The zero-order valence-corrected chi connectivity index (χ0v) is 12.6. The fourth-order valence-corrected chi connectivity index (χ4v) is 2.77. The number of halogens is 1. The first kappa shape index (κ1) is 14.7. The second-order valence-corrected chi connectivity index (χ2v) is 6.02. The maximum absolute atomic E-state index is 12.4. The van der Waals surface area contributed by atoms with Gasteiger partial charge in [-0.15, -0.1) is 17.9 Å². The molecule has 0 atom stereocenters. The summed E-state index contributed by atoms with van der Waals surface area (Å²) in [6.45, 7) is 6.45. The quantitative estimate of drug-likeness (QED) is 0.796. The number of carbonyl (C=O) groups excluding carboxylic acids is 1. The topological polar surface area (TPSA) is 46.1 Å². The first-order valence-electron chi connectivity index (χ1n) is 6.03. The summed E-state index contributed by atoms with van der Waals surface area (Å²) in [5.74, 6) is -0.165. The summed E-state index contributed by atoms with van der Waals surface area (Å²) >= 11 is 7.37. The minimum atomic E-state index is -0.165. The van der Waals surface area contributed by atoms with Gasteiger partial charge in [0, 0.05) is 17.6 Å². The Hall–Kier alpha value is -1.72. The molecule has 0 unspecified atom stereocenters. The summed E-state index contributed by atoms with van der Waals surface area (Å²) in [5, 5.41) is 0. The lowest BCUT2D eigenvalue weighted by Gasteiger charge is -2.19. The molecule has 0 radical (unpaired) electrons. The third-order valence-corrected chi connectivity index (χ3v) is 3.83. The molecular formula is C14H14ClN3OS. The van der Waals surface area contributed by atoms with E-state index in [0.29, 0.717) is 23.1 Å². The Bertz CT molecular complexity index is 609. The number of hydrogen-bond donors (Lipinski definition) is 0. The molecule has 2 aromatic heterocycles. The predicted octanol–water partition coefficient (Wildman–Crippen LogP) is 3.33. The van der Waals surface area contributed by atoms with Crippen LogP contribution in [0.1, 0.15) is 21.1 Å². The zero-order valence-electron chi connectivity index (χ0n) is 11.0. The van der Waals surface area contributed by atoms with Gasteiger partial charge in [0.1, 0.15) is 5.69 Å². The van der Waals surface area contributed by atoms with Gasteiger partial charge in [-0.2, -0.15) is 0 Å². The Morgan fingerprint density at radius 2 is 2.25 bits per heavy atom. The molecule has 6 heteroatoms. The van der Waals surface area contributed by atoms with E-state index in [1.54, 1.807) is 17.2 Å². The van der Waals surface area contributed by atoms with Crippen LogP contribution in [0.25, 0.3) is 0 Å². The number of rotatable bonds is 5. The number of hydrogen-bond acceptors (Lipinski definition) is 4. The summed E-state index contributed by atoms with van der Waals surface area (Å²) in [5.41, 5.74) is 1.11. The normalized spacial score (nSPS) is 10.3. The lowest BCUT2D eigenvalue weighted by Crippen LogP contribution is -2.31. The van der Waals surface area contributed by atoms with E-state index < -0.39 is 0 Å². The molecule has 1 amide bonds. The van der Waals surface area contributed by atoms with Crippen molar-refractivity contribution >= 4 is 28.8 Å². The molecule has 20 heavy (non-hydrogen) atoms. The van der Waals surface area contributed by atoms with E-state index in [-0.39, 0.29) is 5.91 Å². The van der Waals surface area contributed by atoms with Crippen molar-refractivity contribution in [1.82, 2.24) is 14.9 Å².